The predicted molar refractivity (Wildman–Crippen MR) is 112 cm³/mol. The molecule has 0 spiro atoms. The number of carbonyl (C=O) groups is 1. The van der Waals surface area contributed by atoms with Crippen LogP contribution in [0.5, 0.6) is 5.75 Å². The number of ether oxygens (including phenoxy) is 1. The molecule has 0 radical (unpaired) electrons. The van der Waals surface area contributed by atoms with Crippen LogP contribution in [0.1, 0.15) is 16.1 Å². The largest absolute Gasteiger partial charge is 0.497 e. The van der Waals surface area contributed by atoms with E-state index < -0.39 is 0 Å². The van der Waals surface area contributed by atoms with Crippen LogP contribution in [-0.2, 0) is 6.54 Å². The molecule has 1 amide bonds. The van der Waals surface area contributed by atoms with Crippen LogP contribution in [0.25, 0.3) is 11.0 Å². The zero-order chi connectivity index (χ0) is 20.4. The Kier molecular flexibility index (Phi) is 5.56. The zero-order valence-electron chi connectivity index (χ0n) is 16.1. The highest BCUT2D eigenvalue weighted by molar-refractivity contribution is 6.31. The second-order valence-corrected chi connectivity index (χ2v) is 7.40. The second kappa shape index (κ2) is 8.27. The van der Waals surface area contributed by atoms with Gasteiger partial charge in [-0.25, -0.2) is 0 Å². The highest BCUT2D eigenvalue weighted by atomic mass is 35.5. The lowest BCUT2D eigenvalue weighted by Crippen LogP contribution is -2.48. The van der Waals surface area contributed by atoms with E-state index in [-0.39, 0.29) is 17.1 Å². The number of piperazine rings is 1. The number of benzene rings is 2. The van der Waals surface area contributed by atoms with E-state index in [1.807, 2.05) is 24.3 Å². The van der Waals surface area contributed by atoms with Gasteiger partial charge in [-0.05, 0) is 23.8 Å². The summed E-state index contributed by atoms with van der Waals surface area (Å²) in [6, 6.07) is 14.0. The Morgan fingerprint density at radius 1 is 1.10 bits per heavy atom. The highest BCUT2D eigenvalue weighted by Gasteiger charge is 2.25. The van der Waals surface area contributed by atoms with Gasteiger partial charge in [0.1, 0.15) is 11.3 Å². The van der Waals surface area contributed by atoms with Crippen molar-refractivity contribution in [1.29, 1.82) is 0 Å². The topological polar surface area (TPSA) is 63.0 Å². The fourth-order valence-electron chi connectivity index (χ4n) is 3.50. The van der Waals surface area contributed by atoms with Crippen molar-refractivity contribution < 1.29 is 13.9 Å². The third-order valence-corrected chi connectivity index (χ3v) is 5.53. The molecule has 0 bridgehead atoms. The van der Waals surface area contributed by atoms with Crippen molar-refractivity contribution >= 4 is 28.5 Å². The van der Waals surface area contributed by atoms with E-state index in [4.69, 9.17) is 20.8 Å². The van der Waals surface area contributed by atoms with Gasteiger partial charge in [0.05, 0.1) is 12.5 Å². The van der Waals surface area contributed by atoms with Gasteiger partial charge in [0.15, 0.2) is 11.2 Å². The molecule has 1 aliphatic rings. The zero-order valence-corrected chi connectivity index (χ0v) is 16.8. The Hall–Kier alpha value is -2.83. The number of halogens is 1. The lowest BCUT2D eigenvalue weighted by Gasteiger charge is -2.34. The summed E-state index contributed by atoms with van der Waals surface area (Å²) in [4.78, 5) is 29.2. The molecule has 1 aromatic heterocycles. The number of nitrogens with zero attached hydrogens (tertiary/aromatic N) is 2. The Morgan fingerprint density at radius 2 is 1.86 bits per heavy atom. The molecular formula is C22H21ClN2O4. The fraction of sp³-hybridized carbons (Fsp3) is 0.273. The molecule has 4 rings (SSSR count). The highest BCUT2D eigenvalue weighted by Crippen LogP contribution is 2.21. The van der Waals surface area contributed by atoms with Crippen LogP contribution in [0.3, 0.4) is 0 Å². The van der Waals surface area contributed by atoms with Gasteiger partial charge in [-0.2, -0.15) is 0 Å². The summed E-state index contributed by atoms with van der Waals surface area (Å²) in [7, 11) is 1.54. The van der Waals surface area contributed by atoms with Gasteiger partial charge >= 0.3 is 0 Å². The minimum atomic E-state index is -0.274. The van der Waals surface area contributed by atoms with Gasteiger partial charge in [-0.3, -0.25) is 14.5 Å². The molecule has 1 aliphatic heterocycles. The van der Waals surface area contributed by atoms with Gasteiger partial charge in [0.2, 0.25) is 0 Å². The van der Waals surface area contributed by atoms with E-state index in [2.05, 4.69) is 4.90 Å². The van der Waals surface area contributed by atoms with E-state index in [0.29, 0.717) is 29.8 Å². The summed E-state index contributed by atoms with van der Waals surface area (Å²) in [6.07, 6.45) is 0. The average molecular weight is 413 g/mol. The van der Waals surface area contributed by atoms with Crippen LogP contribution in [0.15, 0.2) is 57.7 Å². The van der Waals surface area contributed by atoms with E-state index in [0.717, 1.165) is 30.2 Å². The number of carbonyl (C=O) groups excluding carboxylic acids is 1. The predicted octanol–water partition coefficient (Wildman–Crippen LogP) is 3.41. The van der Waals surface area contributed by atoms with Crippen molar-refractivity contribution in [2.24, 2.45) is 0 Å². The number of rotatable bonds is 4. The summed E-state index contributed by atoms with van der Waals surface area (Å²) in [5, 5.41) is 1.17. The van der Waals surface area contributed by atoms with Crippen LogP contribution in [0.4, 0.5) is 0 Å². The van der Waals surface area contributed by atoms with Crippen LogP contribution < -0.4 is 10.2 Å². The van der Waals surface area contributed by atoms with Crippen molar-refractivity contribution in [3.8, 4) is 5.75 Å². The van der Waals surface area contributed by atoms with Crippen LogP contribution in [0, 0.1) is 0 Å². The Balaban J connectivity index is 1.47. The maximum Gasteiger partial charge on any atom is 0.289 e. The molecule has 0 atom stereocenters. The first-order valence-corrected chi connectivity index (χ1v) is 9.80. The smallest absolute Gasteiger partial charge is 0.289 e. The van der Waals surface area contributed by atoms with Crippen LogP contribution in [-0.4, -0.2) is 49.0 Å². The molecule has 0 saturated carbocycles. The number of hydrogen-bond donors (Lipinski definition) is 0. The molecule has 0 aliphatic carbocycles. The molecule has 0 N–H and O–H groups in total. The van der Waals surface area contributed by atoms with Crippen LogP contribution in [0.2, 0.25) is 5.02 Å². The van der Waals surface area contributed by atoms with Gasteiger partial charge < -0.3 is 14.1 Å². The third kappa shape index (κ3) is 4.13. The molecule has 150 valence electrons. The van der Waals surface area contributed by atoms with Crippen molar-refractivity contribution in [3.05, 3.63) is 75.1 Å². The monoisotopic (exact) mass is 412 g/mol. The minimum Gasteiger partial charge on any atom is -0.497 e. The first-order valence-electron chi connectivity index (χ1n) is 9.42. The lowest BCUT2D eigenvalue weighted by atomic mass is 10.2. The first-order chi connectivity index (χ1) is 14.0. The van der Waals surface area contributed by atoms with Crippen molar-refractivity contribution in [3.63, 3.8) is 0 Å². The molecule has 29 heavy (non-hydrogen) atoms. The Bertz CT molecular complexity index is 1100. The molecular weight excluding hydrogens is 392 g/mol. The van der Waals surface area contributed by atoms with Crippen molar-refractivity contribution in [2.75, 3.05) is 33.3 Å². The molecule has 6 nitrogen and oxygen atoms in total. The van der Waals surface area contributed by atoms with E-state index >= 15 is 0 Å². The standard InChI is InChI=1S/C22H21ClN2O4/c1-28-16-6-7-17-19(26)13-21(29-20(17)12-16)22(27)25-10-8-24(9-11-25)14-15-4-2-3-5-18(15)23/h2-7,12-13H,8-11,14H2,1H3. The van der Waals surface area contributed by atoms with Crippen molar-refractivity contribution in [1.82, 2.24) is 9.80 Å². The maximum absolute atomic E-state index is 12.9. The Labute approximate surface area is 173 Å². The summed E-state index contributed by atoms with van der Waals surface area (Å²) in [5.41, 5.74) is 1.18. The summed E-state index contributed by atoms with van der Waals surface area (Å²) < 4.78 is 10.9. The summed E-state index contributed by atoms with van der Waals surface area (Å²) >= 11 is 6.24. The normalized spacial score (nSPS) is 14.9. The lowest BCUT2D eigenvalue weighted by molar-refractivity contribution is 0.0598. The second-order valence-electron chi connectivity index (χ2n) is 7.00. The van der Waals surface area contributed by atoms with E-state index in [9.17, 15) is 9.59 Å². The van der Waals surface area contributed by atoms with Gasteiger partial charge in [-0.15, -0.1) is 0 Å². The van der Waals surface area contributed by atoms with Gasteiger partial charge in [-0.1, -0.05) is 29.8 Å². The van der Waals surface area contributed by atoms with Gasteiger partial charge in [0, 0.05) is 49.9 Å². The fourth-order valence-corrected chi connectivity index (χ4v) is 3.70. The quantitative estimate of drug-likeness (QED) is 0.657. The first kappa shape index (κ1) is 19.5. The molecule has 1 fully saturated rings. The molecule has 2 aromatic carbocycles. The van der Waals surface area contributed by atoms with Crippen molar-refractivity contribution in [2.45, 2.75) is 6.54 Å². The number of methoxy groups -OCH3 is 1. The summed E-state index contributed by atoms with van der Waals surface area (Å²) in [6.45, 7) is 3.31. The number of hydrogen-bond acceptors (Lipinski definition) is 5. The van der Waals surface area contributed by atoms with E-state index in [1.165, 1.54) is 13.2 Å². The minimum absolute atomic E-state index is 0.0512. The molecule has 3 aromatic rings. The maximum atomic E-state index is 12.9. The van der Waals surface area contributed by atoms with Gasteiger partial charge in [0.25, 0.3) is 5.91 Å². The van der Waals surface area contributed by atoms with E-state index in [1.54, 1.807) is 23.1 Å². The SMILES string of the molecule is COc1ccc2c(=O)cc(C(=O)N3CCN(Cc4ccccc4Cl)CC3)oc2c1. The Morgan fingerprint density at radius 3 is 2.59 bits per heavy atom. The number of fused-ring (bicyclic) bond motifs is 1. The average Bonchev–Trinajstić information content (AvgIpc) is 2.75. The van der Waals surface area contributed by atoms with Crippen LogP contribution >= 0.6 is 11.6 Å². The molecule has 0 unspecified atom stereocenters. The number of amides is 1. The third-order valence-electron chi connectivity index (χ3n) is 5.16. The molecule has 2 heterocycles. The molecule has 7 heteroatoms. The summed E-state index contributed by atoms with van der Waals surface area (Å²) in [5.74, 6) is 0.345. The molecule has 1 saturated heterocycles.